The lowest BCUT2D eigenvalue weighted by atomic mass is 10.2. The highest BCUT2D eigenvalue weighted by Crippen LogP contribution is 2.21. The van der Waals surface area contributed by atoms with Gasteiger partial charge in [0.05, 0.1) is 4.90 Å². The second-order valence-electron chi connectivity index (χ2n) is 4.07. The summed E-state index contributed by atoms with van der Waals surface area (Å²) in [6.07, 6.45) is -5.83. The van der Waals surface area contributed by atoms with Crippen LogP contribution in [0.2, 0.25) is 0 Å². The highest BCUT2D eigenvalue weighted by molar-refractivity contribution is 7.89. The van der Waals surface area contributed by atoms with Crippen molar-refractivity contribution in [2.45, 2.75) is 30.5 Å². The molecule has 1 aromatic rings. The van der Waals surface area contributed by atoms with Crippen molar-refractivity contribution >= 4 is 10.0 Å². The Morgan fingerprint density at radius 1 is 1.25 bits per heavy atom. The molecule has 0 aliphatic rings. The molecule has 0 aliphatic carbocycles. The van der Waals surface area contributed by atoms with E-state index in [1.807, 2.05) is 4.72 Å². The highest BCUT2D eigenvalue weighted by Gasteiger charge is 2.26. The van der Waals surface area contributed by atoms with Gasteiger partial charge in [0.25, 0.3) is 0 Å². The summed E-state index contributed by atoms with van der Waals surface area (Å²) >= 11 is 0. The van der Waals surface area contributed by atoms with Crippen LogP contribution in [-0.4, -0.2) is 21.1 Å². The Labute approximate surface area is 114 Å². The quantitative estimate of drug-likeness (QED) is 0.622. The summed E-state index contributed by atoms with van der Waals surface area (Å²) in [4.78, 5) is -0.355. The number of benzene rings is 1. The van der Waals surface area contributed by atoms with Crippen molar-refractivity contribution in [1.82, 2.24) is 4.72 Å². The highest BCUT2D eigenvalue weighted by atomic mass is 32.2. The molecular weight excluding hydrogens is 300 g/mol. The number of rotatable bonds is 6. The Hall–Kier alpha value is -1.19. The summed E-state index contributed by atoms with van der Waals surface area (Å²) in [6.45, 7) is -0.512. The number of hydrogen-bond donors (Lipinski definition) is 2. The van der Waals surface area contributed by atoms with E-state index in [2.05, 4.69) is 0 Å². The maximum atomic E-state index is 13.1. The summed E-state index contributed by atoms with van der Waals surface area (Å²) in [5, 5.41) is 0. The van der Waals surface area contributed by atoms with Gasteiger partial charge in [-0.15, -0.1) is 0 Å². The Bertz CT molecular complexity index is 558. The van der Waals surface area contributed by atoms with Gasteiger partial charge in [0.15, 0.2) is 0 Å². The van der Waals surface area contributed by atoms with Crippen LogP contribution in [0.3, 0.4) is 0 Å². The van der Waals surface area contributed by atoms with Crippen molar-refractivity contribution in [2.24, 2.45) is 5.73 Å². The Morgan fingerprint density at radius 3 is 2.45 bits per heavy atom. The van der Waals surface area contributed by atoms with Crippen LogP contribution < -0.4 is 10.5 Å². The summed E-state index contributed by atoms with van der Waals surface area (Å²) < 4.78 is 74.6. The monoisotopic (exact) mass is 314 g/mol. The van der Waals surface area contributed by atoms with Gasteiger partial charge in [-0.3, -0.25) is 0 Å². The molecule has 0 saturated carbocycles. The molecule has 0 spiro atoms. The Kier molecular flexibility index (Phi) is 5.49. The molecule has 0 bridgehead atoms. The van der Waals surface area contributed by atoms with Gasteiger partial charge in [0, 0.05) is 19.5 Å². The third-order valence-corrected chi connectivity index (χ3v) is 4.01. The van der Waals surface area contributed by atoms with Crippen molar-refractivity contribution in [3.8, 4) is 0 Å². The normalized spacial score (nSPS) is 12.7. The minimum Gasteiger partial charge on any atom is -0.326 e. The van der Waals surface area contributed by atoms with Crippen molar-refractivity contribution in [2.75, 3.05) is 6.54 Å². The van der Waals surface area contributed by atoms with Crippen LogP contribution in [0.4, 0.5) is 17.6 Å². The largest absolute Gasteiger partial charge is 0.389 e. The summed E-state index contributed by atoms with van der Waals surface area (Å²) in [6, 6.07) is 3.07. The van der Waals surface area contributed by atoms with E-state index in [0.29, 0.717) is 0 Å². The fourth-order valence-electron chi connectivity index (χ4n) is 1.52. The molecule has 0 aliphatic heterocycles. The molecule has 9 heteroatoms. The average Bonchev–Trinajstić information content (AvgIpc) is 2.33. The molecule has 0 heterocycles. The lowest BCUT2D eigenvalue weighted by Gasteiger charge is -2.11. The molecule has 0 unspecified atom stereocenters. The van der Waals surface area contributed by atoms with Crippen LogP contribution in [-0.2, 0) is 16.6 Å². The summed E-state index contributed by atoms with van der Waals surface area (Å²) in [5.41, 5.74) is 5.54. The van der Waals surface area contributed by atoms with E-state index in [0.717, 1.165) is 12.1 Å². The standard InChI is InChI=1S/C11H14F4N2O2S/c12-9-3-2-8(7-16)10(6-9)20(18,19)17-5-1-4-11(13,14)15/h2-3,6,17H,1,4-5,7,16H2. The average molecular weight is 314 g/mol. The van der Waals surface area contributed by atoms with Gasteiger partial charge in [0.1, 0.15) is 5.82 Å². The molecule has 0 fully saturated rings. The van der Waals surface area contributed by atoms with Crippen LogP contribution in [0.15, 0.2) is 23.1 Å². The molecule has 0 atom stereocenters. The van der Waals surface area contributed by atoms with E-state index in [4.69, 9.17) is 5.73 Å². The van der Waals surface area contributed by atoms with Crippen LogP contribution >= 0.6 is 0 Å². The zero-order chi connectivity index (χ0) is 15.4. The molecule has 20 heavy (non-hydrogen) atoms. The van der Waals surface area contributed by atoms with Crippen LogP contribution in [0, 0.1) is 5.82 Å². The fraction of sp³-hybridized carbons (Fsp3) is 0.455. The Balaban J connectivity index is 2.77. The second kappa shape index (κ2) is 6.51. The van der Waals surface area contributed by atoms with Gasteiger partial charge < -0.3 is 5.73 Å². The maximum absolute atomic E-state index is 13.1. The predicted molar refractivity (Wildman–Crippen MR) is 64.8 cm³/mol. The third kappa shape index (κ3) is 5.06. The Morgan fingerprint density at radius 2 is 1.90 bits per heavy atom. The number of sulfonamides is 1. The van der Waals surface area contributed by atoms with Gasteiger partial charge in [-0.1, -0.05) is 6.07 Å². The fourth-order valence-corrected chi connectivity index (χ4v) is 2.85. The van der Waals surface area contributed by atoms with Crippen LogP contribution in [0.25, 0.3) is 0 Å². The van der Waals surface area contributed by atoms with E-state index in [1.165, 1.54) is 6.07 Å². The van der Waals surface area contributed by atoms with E-state index in [9.17, 15) is 26.0 Å². The second-order valence-corrected chi connectivity index (χ2v) is 5.81. The smallest absolute Gasteiger partial charge is 0.326 e. The molecule has 4 nitrogen and oxygen atoms in total. The maximum Gasteiger partial charge on any atom is 0.389 e. The van der Waals surface area contributed by atoms with Crippen LogP contribution in [0.1, 0.15) is 18.4 Å². The third-order valence-electron chi connectivity index (χ3n) is 2.47. The van der Waals surface area contributed by atoms with E-state index in [-0.39, 0.29) is 23.5 Å². The van der Waals surface area contributed by atoms with Gasteiger partial charge in [-0.05, 0) is 24.1 Å². The van der Waals surface area contributed by atoms with Crippen molar-refractivity contribution in [3.05, 3.63) is 29.6 Å². The lowest BCUT2D eigenvalue weighted by Crippen LogP contribution is -2.27. The molecule has 0 amide bonds. The van der Waals surface area contributed by atoms with Crippen molar-refractivity contribution < 1.29 is 26.0 Å². The summed E-state index contributed by atoms with van der Waals surface area (Å²) in [5.74, 6) is -0.766. The molecular formula is C11H14F4N2O2S. The van der Waals surface area contributed by atoms with Crippen molar-refractivity contribution in [1.29, 1.82) is 0 Å². The van der Waals surface area contributed by atoms with Crippen LogP contribution in [0.5, 0.6) is 0 Å². The lowest BCUT2D eigenvalue weighted by molar-refractivity contribution is -0.135. The first-order valence-corrected chi connectivity index (χ1v) is 7.19. The van der Waals surface area contributed by atoms with E-state index in [1.54, 1.807) is 0 Å². The number of alkyl halides is 3. The first-order valence-electron chi connectivity index (χ1n) is 5.70. The number of nitrogens with two attached hydrogens (primary N) is 1. The first-order chi connectivity index (χ1) is 9.15. The molecule has 0 radical (unpaired) electrons. The number of nitrogens with one attached hydrogen (secondary N) is 1. The number of hydrogen-bond acceptors (Lipinski definition) is 3. The van der Waals surface area contributed by atoms with Gasteiger partial charge in [-0.2, -0.15) is 13.2 Å². The summed E-state index contributed by atoms with van der Waals surface area (Å²) in [7, 11) is -4.08. The molecule has 114 valence electrons. The molecule has 0 aromatic heterocycles. The minimum atomic E-state index is -4.34. The first kappa shape index (κ1) is 16.9. The molecule has 0 saturated heterocycles. The topological polar surface area (TPSA) is 72.2 Å². The predicted octanol–water partition coefficient (Wildman–Crippen LogP) is 1.91. The van der Waals surface area contributed by atoms with E-state index >= 15 is 0 Å². The van der Waals surface area contributed by atoms with Gasteiger partial charge in [0.2, 0.25) is 10.0 Å². The SMILES string of the molecule is NCc1ccc(F)cc1S(=O)(=O)NCCCC(F)(F)F. The number of halogens is 4. The van der Waals surface area contributed by atoms with Gasteiger partial charge >= 0.3 is 6.18 Å². The zero-order valence-electron chi connectivity index (χ0n) is 10.4. The molecule has 3 N–H and O–H groups in total. The van der Waals surface area contributed by atoms with E-state index < -0.39 is 34.9 Å². The zero-order valence-corrected chi connectivity index (χ0v) is 11.2. The molecule has 1 rings (SSSR count). The molecule has 1 aromatic carbocycles. The van der Waals surface area contributed by atoms with Gasteiger partial charge in [-0.25, -0.2) is 17.5 Å². The van der Waals surface area contributed by atoms with Crippen molar-refractivity contribution in [3.63, 3.8) is 0 Å². The minimum absolute atomic E-state index is 0.126.